The minimum Gasteiger partial charge on any atom is -0.348 e. The molecule has 0 aliphatic carbocycles. The van der Waals surface area contributed by atoms with Crippen LogP contribution in [0.4, 0.5) is 0 Å². The molecular formula is C17H27Cl2N3O. The van der Waals surface area contributed by atoms with Crippen LogP contribution in [0.5, 0.6) is 0 Å². The molecule has 1 aromatic rings. The van der Waals surface area contributed by atoms with E-state index in [1.165, 1.54) is 0 Å². The number of nitrogens with two attached hydrogens (primary N) is 1. The van der Waals surface area contributed by atoms with Crippen molar-refractivity contribution in [1.82, 2.24) is 10.2 Å². The van der Waals surface area contributed by atoms with E-state index in [1.54, 1.807) is 0 Å². The number of hydrogen-bond acceptors (Lipinski definition) is 3. The van der Waals surface area contributed by atoms with Gasteiger partial charge in [0, 0.05) is 24.2 Å². The van der Waals surface area contributed by atoms with E-state index in [2.05, 4.69) is 24.1 Å². The Labute approximate surface area is 150 Å². The lowest BCUT2D eigenvalue weighted by Crippen LogP contribution is -2.54. The number of amides is 1. The summed E-state index contributed by atoms with van der Waals surface area (Å²) in [5.41, 5.74) is 7.13. The molecule has 23 heavy (non-hydrogen) atoms. The standard InChI is InChI=1S/C17H26ClN3O.ClH/c1-12(13-6-4-5-7-14(13)18)20-16(22)10-21-9-8-15(19)17(2,3)11-21;/h4-7,12,15H,8-11,19H2,1-3H3,(H,20,22);1H. The molecule has 4 nitrogen and oxygen atoms in total. The van der Waals surface area contributed by atoms with E-state index in [-0.39, 0.29) is 35.8 Å². The summed E-state index contributed by atoms with van der Waals surface area (Å²) in [6.45, 7) is 8.41. The molecule has 0 radical (unpaired) electrons. The SMILES string of the molecule is CC(NC(=O)CN1CCC(N)C(C)(C)C1)c1ccccc1Cl.Cl. The normalized spacial score (nSPS) is 22.0. The zero-order valence-electron chi connectivity index (χ0n) is 14.0. The van der Waals surface area contributed by atoms with Crippen LogP contribution in [0.25, 0.3) is 0 Å². The molecule has 1 aliphatic rings. The molecule has 2 atom stereocenters. The molecule has 130 valence electrons. The summed E-state index contributed by atoms with van der Waals surface area (Å²) < 4.78 is 0. The van der Waals surface area contributed by atoms with Gasteiger partial charge in [-0.15, -0.1) is 12.4 Å². The summed E-state index contributed by atoms with van der Waals surface area (Å²) in [6, 6.07) is 7.71. The number of benzene rings is 1. The Balaban J connectivity index is 0.00000264. The first-order chi connectivity index (χ1) is 10.3. The monoisotopic (exact) mass is 359 g/mol. The fraction of sp³-hybridized carbons (Fsp3) is 0.588. The average molecular weight is 360 g/mol. The zero-order valence-corrected chi connectivity index (χ0v) is 15.6. The molecule has 1 heterocycles. The number of nitrogens with one attached hydrogen (secondary N) is 1. The molecule has 1 saturated heterocycles. The highest BCUT2D eigenvalue weighted by Crippen LogP contribution is 2.27. The second kappa shape index (κ2) is 8.34. The van der Waals surface area contributed by atoms with Gasteiger partial charge in [-0.3, -0.25) is 9.69 Å². The van der Waals surface area contributed by atoms with Crippen LogP contribution in [0.15, 0.2) is 24.3 Å². The molecular weight excluding hydrogens is 333 g/mol. The van der Waals surface area contributed by atoms with Crippen LogP contribution in [0.1, 0.15) is 38.8 Å². The van der Waals surface area contributed by atoms with Gasteiger partial charge in [0.2, 0.25) is 5.91 Å². The highest BCUT2D eigenvalue weighted by Gasteiger charge is 2.34. The van der Waals surface area contributed by atoms with Crippen molar-refractivity contribution in [2.75, 3.05) is 19.6 Å². The number of nitrogens with zero attached hydrogens (tertiary/aromatic N) is 1. The highest BCUT2D eigenvalue weighted by atomic mass is 35.5. The Kier molecular flexibility index (Phi) is 7.33. The third-order valence-corrected chi connectivity index (χ3v) is 4.85. The van der Waals surface area contributed by atoms with Crippen molar-refractivity contribution in [3.05, 3.63) is 34.9 Å². The van der Waals surface area contributed by atoms with Crippen molar-refractivity contribution in [1.29, 1.82) is 0 Å². The molecule has 3 N–H and O–H groups in total. The number of rotatable bonds is 4. The van der Waals surface area contributed by atoms with Crippen molar-refractivity contribution >= 4 is 29.9 Å². The predicted molar refractivity (Wildman–Crippen MR) is 98.1 cm³/mol. The number of carbonyl (C=O) groups is 1. The summed E-state index contributed by atoms with van der Waals surface area (Å²) in [4.78, 5) is 14.5. The van der Waals surface area contributed by atoms with Crippen LogP contribution >= 0.6 is 24.0 Å². The topological polar surface area (TPSA) is 58.4 Å². The van der Waals surface area contributed by atoms with Crippen LogP contribution in [-0.4, -0.2) is 36.5 Å². The summed E-state index contributed by atoms with van der Waals surface area (Å²) in [6.07, 6.45) is 0.931. The van der Waals surface area contributed by atoms with Crippen LogP contribution in [-0.2, 0) is 4.79 Å². The lowest BCUT2D eigenvalue weighted by atomic mass is 9.80. The van der Waals surface area contributed by atoms with Crippen LogP contribution in [0.3, 0.4) is 0 Å². The molecule has 1 aliphatic heterocycles. The molecule has 6 heteroatoms. The molecule has 1 amide bonds. The second-order valence-corrected chi connectivity index (χ2v) is 7.31. The second-order valence-electron chi connectivity index (χ2n) is 6.91. The maximum absolute atomic E-state index is 12.3. The van der Waals surface area contributed by atoms with Crippen LogP contribution in [0.2, 0.25) is 5.02 Å². The Morgan fingerprint density at radius 2 is 2.13 bits per heavy atom. The van der Waals surface area contributed by atoms with Gasteiger partial charge in [0.25, 0.3) is 0 Å². The molecule has 1 aromatic carbocycles. The van der Waals surface area contributed by atoms with Gasteiger partial charge in [0.1, 0.15) is 0 Å². The van der Waals surface area contributed by atoms with Gasteiger partial charge >= 0.3 is 0 Å². The van der Waals surface area contributed by atoms with Gasteiger partial charge in [-0.25, -0.2) is 0 Å². The molecule has 0 spiro atoms. The Bertz CT molecular complexity index is 536. The summed E-state index contributed by atoms with van der Waals surface area (Å²) in [5, 5.41) is 3.71. The van der Waals surface area contributed by atoms with Gasteiger partial charge in [-0.05, 0) is 30.4 Å². The third kappa shape index (κ3) is 5.35. The van der Waals surface area contributed by atoms with Crippen molar-refractivity contribution in [3.63, 3.8) is 0 Å². The van der Waals surface area contributed by atoms with Gasteiger partial charge < -0.3 is 11.1 Å². The number of hydrogen-bond donors (Lipinski definition) is 2. The summed E-state index contributed by atoms with van der Waals surface area (Å²) in [7, 11) is 0. The Morgan fingerprint density at radius 1 is 1.48 bits per heavy atom. The molecule has 2 rings (SSSR count). The van der Waals surface area contributed by atoms with Crippen molar-refractivity contribution in [3.8, 4) is 0 Å². The van der Waals surface area contributed by atoms with E-state index in [0.717, 1.165) is 25.1 Å². The first kappa shape index (κ1) is 20.2. The number of carbonyl (C=O) groups excluding carboxylic acids is 1. The minimum atomic E-state index is -0.0961. The van der Waals surface area contributed by atoms with Gasteiger partial charge in [0.15, 0.2) is 0 Å². The number of likely N-dealkylation sites (tertiary alicyclic amines) is 1. The smallest absolute Gasteiger partial charge is 0.234 e. The van der Waals surface area contributed by atoms with Gasteiger partial charge in [-0.1, -0.05) is 43.6 Å². The van der Waals surface area contributed by atoms with E-state index >= 15 is 0 Å². The zero-order chi connectivity index (χ0) is 16.3. The van der Waals surface area contributed by atoms with Crippen molar-refractivity contribution in [2.45, 2.75) is 39.3 Å². The number of piperidine rings is 1. The lowest BCUT2D eigenvalue weighted by Gasteiger charge is -2.42. The Morgan fingerprint density at radius 3 is 2.74 bits per heavy atom. The van der Waals surface area contributed by atoms with Crippen molar-refractivity contribution in [2.24, 2.45) is 11.1 Å². The Hall–Kier alpha value is -0.810. The third-order valence-electron chi connectivity index (χ3n) is 4.51. The summed E-state index contributed by atoms with van der Waals surface area (Å²) in [5.74, 6) is 0.0266. The molecule has 0 saturated carbocycles. The molecule has 2 unspecified atom stereocenters. The quantitative estimate of drug-likeness (QED) is 0.868. The van der Waals surface area contributed by atoms with Gasteiger partial charge in [0.05, 0.1) is 12.6 Å². The largest absolute Gasteiger partial charge is 0.348 e. The van der Waals surface area contributed by atoms with Crippen molar-refractivity contribution < 1.29 is 4.79 Å². The van der Waals surface area contributed by atoms with E-state index in [0.29, 0.717) is 11.6 Å². The highest BCUT2D eigenvalue weighted by molar-refractivity contribution is 6.31. The lowest BCUT2D eigenvalue weighted by molar-refractivity contribution is -0.123. The molecule has 1 fully saturated rings. The van der Waals surface area contributed by atoms with E-state index in [9.17, 15) is 4.79 Å². The van der Waals surface area contributed by atoms with E-state index in [4.69, 9.17) is 17.3 Å². The maximum atomic E-state index is 12.3. The minimum absolute atomic E-state index is 0. The van der Waals surface area contributed by atoms with E-state index in [1.807, 2.05) is 31.2 Å². The predicted octanol–water partition coefficient (Wildman–Crippen LogP) is 3.00. The molecule has 0 bridgehead atoms. The first-order valence-electron chi connectivity index (χ1n) is 7.81. The maximum Gasteiger partial charge on any atom is 0.234 e. The number of halogens is 2. The average Bonchev–Trinajstić information content (AvgIpc) is 2.43. The summed E-state index contributed by atoms with van der Waals surface area (Å²) >= 11 is 6.17. The molecule has 0 aromatic heterocycles. The van der Waals surface area contributed by atoms with Crippen LogP contribution < -0.4 is 11.1 Å². The first-order valence-corrected chi connectivity index (χ1v) is 8.19. The fourth-order valence-electron chi connectivity index (χ4n) is 3.01. The van der Waals surface area contributed by atoms with Gasteiger partial charge in [-0.2, -0.15) is 0 Å². The van der Waals surface area contributed by atoms with E-state index < -0.39 is 0 Å². The fourth-order valence-corrected chi connectivity index (χ4v) is 3.31. The van der Waals surface area contributed by atoms with Crippen LogP contribution in [0, 0.1) is 5.41 Å².